The lowest BCUT2D eigenvalue weighted by Gasteiger charge is -2.18. The number of ether oxygens (including phenoxy) is 5. The third kappa shape index (κ3) is 5.17. The van der Waals surface area contributed by atoms with E-state index < -0.39 is 54.4 Å². The van der Waals surface area contributed by atoms with E-state index in [-0.39, 0.29) is 18.0 Å². The molecule has 2 aliphatic rings. The molecule has 0 bridgehead atoms. The molecule has 0 aliphatic carbocycles. The van der Waals surface area contributed by atoms with Crippen molar-refractivity contribution in [2.24, 2.45) is 5.73 Å². The second-order valence-corrected chi connectivity index (χ2v) is 7.62. The number of aromatic nitrogens is 2. The van der Waals surface area contributed by atoms with Crippen LogP contribution >= 0.6 is 0 Å². The Hall–Kier alpha value is -4.17. The minimum absolute atomic E-state index is 0.0561. The number of benzene rings is 1. The normalized spacial score (nSPS) is 23.5. The largest absolute Gasteiger partial charge is 0.509 e. The van der Waals surface area contributed by atoms with Crippen molar-refractivity contribution in [2.75, 3.05) is 19.2 Å². The lowest BCUT2D eigenvalue weighted by Crippen LogP contribution is -2.35. The van der Waals surface area contributed by atoms with Crippen LogP contribution in [0.2, 0.25) is 0 Å². The van der Waals surface area contributed by atoms with Crippen molar-refractivity contribution in [3.63, 3.8) is 0 Å². The Balaban J connectivity index is 1.44. The molecule has 0 radical (unpaired) electrons. The number of hydrogen-bond acceptors (Lipinski definition) is 13. The predicted molar refractivity (Wildman–Crippen MR) is 114 cm³/mol. The van der Waals surface area contributed by atoms with Crippen LogP contribution < -0.4 is 21.6 Å². The second-order valence-electron chi connectivity index (χ2n) is 7.62. The van der Waals surface area contributed by atoms with Crippen molar-refractivity contribution < 1.29 is 42.9 Å². The molecule has 5 atom stereocenters. The van der Waals surface area contributed by atoms with Crippen LogP contribution in [-0.4, -0.2) is 65.7 Å². The van der Waals surface area contributed by atoms with E-state index in [1.807, 2.05) is 0 Å². The third-order valence-corrected chi connectivity index (χ3v) is 5.19. The predicted octanol–water partition coefficient (Wildman–Crippen LogP) is 0.128. The van der Waals surface area contributed by atoms with Crippen molar-refractivity contribution in [1.82, 2.24) is 9.55 Å². The van der Waals surface area contributed by atoms with Gasteiger partial charge in [-0.2, -0.15) is 4.98 Å². The van der Waals surface area contributed by atoms with Gasteiger partial charge in [-0.25, -0.2) is 24.7 Å². The van der Waals surface area contributed by atoms with Crippen LogP contribution in [0.25, 0.3) is 0 Å². The van der Waals surface area contributed by atoms with Crippen LogP contribution in [0.4, 0.5) is 10.6 Å². The first-order chi connectivity index (χ1) is 16.8. The molecule has 186 valence electrons. The van der Waals surface area contributed by atoms with E-state index in [9.17, 15) is 19.2 Å². The summed E-state index contributed by atoms with van der Waals surface area (Å²) in [5.41, 5.74) is 7.11. The fourth-order valence-corrected chi connectivity index (χ4v) is 3.41. The van der Waals surface area contributed by atoms with E-state index in [1.54, 1.807) is 12.1 Å². The fraction of sp³-hybridized carbons (Fsp3) is 0.381. The number of rotatable bonds is 8. The van der Waals surface area contributed by atoms with Crippen LogP contribution in [0.3, 0.4) is 0 Å². The van der Waals surface area contributed by atoms with Gasteiger partial charge in [0, 0.05) is 12.3 Å². The monoisotopic (exact) mass is 490 g/mol. The van der Waals surface area contributed by atoms with Gasteiger partial charge in [-0.1, -0.05) is 0 Å². The molecule has 2 saturated heterocycles. The molecular weight excluding hydrogens is 468 g/mol. The van der Waals surface area contributed by atoms with Crippen LogP contribution in [0.15, 0.2) is 41.3 Å². The fourth-order valence-electron chi connectivity index (χ4n) is 3.41. The molecule has 35 heavy (non-hydrogen) atoms. The average Bonchev–Trinajstić information content (AvgIpc) is 3.38. The van der Waals surface area contributed by atoms with Gasteiger partial charge in [0.15, 0.2) is 24.3 Å². The van der Waals surface area contributed by atoms with E-state index in [0.29, 0.717) is 5.75 Å². The topological polar surface area (TPSA) is 180 Å². The Bertz CT molecular complexity index is 1170. The number of anilines is 1. The quantitative estimate of drug-likeness (QED) is 0.290. The van der Waals surface area contributed by atoms with E-state index in [1.165, 1.54) is 38.4 Å². The Morgan fingerprint density at radius 1 is 1.17 bits per heavy atom. The summed E-state index contributed by atoms with van der Waals surface area (Å²) in [5.74, 6) is -0.856. The standard InChI is InChI=1S/C21H22N4O10/c1-10(22)18(26)35-24-14-7-8-25(20(28)23-14)17-16-15(33-21(29)34-16)13(32-17)9-31-19(27)11-3-5-12(30-2)6-4-11/h3-8,10,13,15-17H,9,22H2,1-2H3,(H,23,24,28)/t10-,13-,15-,16-,17-/m1/s1. The summed E-state index contributed by atoms with van der Waals surface area (Å²) in [6, 6.07) is 6.75. The summed E-state index contributed by atoms with van der Waals surface area (Å²) < 4.78 is 27.6. The minimum Gasteiger partial charge on any atom is -0.497 e. The number of carbonyl (C=O) groups is 3. The van der Waals surface area contributed by atoms with E-state index in [4.69, 9.17) is 34.3 Å². The summed E-state index contributed by atoms with van der Waals surface area (Å²) in [6.45, 7) is 1.16. The molecule has 14 nitrogen and oxygen atoms in total. The van der Waals surface area contributed by atoms with Gasteiger partial charge in [-0.3, -0.25) is 4.57 Å². The number of nitrogens with two attached hydrogens (primary N) is 1. The Kier molecular flexibility index (Phi) is 6.84. The molecule has 0 saturated carbocycles. The van der Waals surface area contributed by atoms with Gasteiger partial charge >= 0.3 is 23.8 Å². The lowest BCUT2D eigenvalue weighted by atomic mass is 10.1. The van der Waals surface area contributed by atoms with Gasteiger partial charge in [-0.15, -0.1) is 0 Å². The van der Waals surface area contributed by atoms with Crippen LogP contribution in [0, 0.1) is 0 Å². The first-order valence-electron chi connectivity index (χ1n) is 10.4. The zero-order valence-electron chi connectivity index (χ0n) is 18.6. The van der Waals surface area contributed by atoms with Crippen molar-refractivity contribution in [3.05, 3.63) is 52.6 Å². The number of methoxy groups -OCH3 is 1. The van der Waals surface area contributed by atoms with Crippen molar-refractivity contribution >= 4 is 23.9 Å². The SMILES string of the molecule is COc1ccc(C(=O)OC[C@H]2O[C@@H](n3ccc(NOC(=O)[C@@H](C)N)nc3=O)[C@@H]3OC(=O)O[C@@H]32)cc1. The van der Waals surface area contributed by atoms with Crippen LogP contribution in [-0.2, 0) is 28.6 Å². The highest BCUT2D eigenvalue weighted by molar-refractivity contribution is 5.89. The van der Waals surface area contributed by atoms with Gasteiger partial charge in [0.05, 0.1) is 12.7 Å². The number of fused-ring (bicyclic) bond motifs is 1. The highest BCUT2D eigenvalue weighted by Crippen LogP contribution is 2.37. The molecule has 4 rings (SSSR count). The number of hydrogen-bond donors (Lipinski definition) is 2. The Morgan fingerprint density at radius 2 is 1.89 bits per heavy atom. The van der Waals surface area contributed by atoms with Gasteiger partial charge in [0.25, 0.3) is 0 Å². The smallest absolute Gasteiger partial charge is 0.497 e. The Labute approximate surface area is 197 Å². The van der Waals surface area contributed by atoms with Crippen molar-refractivity contribution in [2.45, 2.75) is 37.5 Å². The highest BCUT2D eigenvalue weighted by atomic mass is 16.8. The first-order valence-corrected chi connectivity index (χ1v) is 10.4. The Morgan fingerprint density at radius 3 is 2.54 bits per heavy atom. The van der Waals surface area contributed by atoms with Gasteiger partial charge in [0.2, 0.25) is 0 Å². The van der Waals surface area contributed by atoms with E-state index in [0.717, 1.165) is 4.57 Å². The first kappa shape index (κ1) is 24.0. The summed E-state index contributed by atoms with van der Waals surface area (Å²) in [7, 11) is 1.50. The summed E-state index contributed by atoms with van der Waals surface area (Å²) in [6.07, 6.45) is -3.56. The molecule has 0 unspecified atom stereocenters. The molecule has 0 spiro atoms. The second kappa shape index (κ2) is 9.99. The lowest BCUT2D eigenvalue weighted by molar-refractivity contribution is -0.141. The van der Waals surface area contributed by atoms with E-state index in [2.05, 4.69) is 10.5 Å². The minimum atomic E-state index is -1.10. The summed E-state index contributed by atoms with van der Waals surface area (Å²) in [5, 5.41) is 0. The molecule has 1 aromatic carbocycles. The van der Waals surface area contributed by atoms with Crippen molar-refractivity contribution in [1.29, 1.82) is 0 Å². The van der Waals surface area contributed by atoms with Gasteiger partial charge < -0.3 is 34.3 Å². The van der Waals surface area contributed by atoms with Gasteiger partial charge in [0.1, 0.15) is 24.5 Å². The molecule has 1 aromatic heterocycles. The zero-order valence-corrected chi connectivity index (χ0v) is 18.6. The molecular formula is C21H22N4O10. The number of carbonyl (C=O) groups excluding carboxylic acids is 3. The number of esters is 1. The molecule has 3 heterocycles. The molecule has 2 aliphatic heterocycles. The summed E-state index contributed by atoms with van der Waals surface area (Å²) >= 11 is 0. The van der Waals surface area contributed by atoms with Crippen LogP contribution in [0.5, 0.6) is 5.75 Å². The highest BCUT2D eigenvalue weighted by Gasteiger charge is 2.55. The van der Waals surface area contributed by atoms with Crippen molar-refractivity contribution in [3.8, 4) is 5.75 Å². The molecule has 14 heteroatoms. The maximum absolute atomic E-state index is 12.6. The summed E-state index contributed by atoms with van der Waals surface area (Å²) in [4.78, 5) is 56.6. The maximum Gasteiger partial charge on any atom is 0.509 e. The third-order valence-electron chi connectivity index (χ3n) is 5.19. The zero-order chi connectivity index (χ0) is 25.1. The molecule has 2 aromatic rings. The van der Waals surface area contributed by atoms with E-state index >= 15 is 0 Å². The molecule has 2 fully saturated rings. The maximum atomic E-state index is 12.6. The van der Waals surface area contributed by atoms with Gasteiger partial charge in [-0.05, 0) is 31.2 Å². The number of nitrogens with one attached hydrogen (secondary N) is 1. The molecule has 3 N–H and O–H groups in total. The number of nitrogens with zero attached hydrogens (tertiary/aromatic N) is 2. The molecule has 0 amide bonds. The average molecular weight is 490 g/mol. The van der Waals surface area contributed by atoms with Crippen LogP contribution in [0.1, 0.15) is 23.5 Å².